The Morgan fingerprint density at radius 3 is 2.78 bits per heavy atom. The van der Waals surface area contributed by atoms with E-state index in [0.717, 1.165) is 30.5 Å². The Balaban J connectivity index is 1.60. The molecular weight excluding hydrogens is 296 g/mol. The summed E-state index contributed by atoms with van der Waals surface area (Å²) in [5, 5.41) is 2.75. The number of amides is 1. The number of ether oxygens (including phenoxy) is 2. The van der Waals surface area contributed by atoms with Crippen molar-refractivity contribution in [2.75, 3.05) is 18.5 Å². The molecule has 0 unspecified atom stereocenters. The number of benzene rings is 1. The van der Waals surface area contributed by atoms with Gasteiger partial charge in [-0.15, -0.1) is 0 Å². The zero-order chi connectivity index (χ0) is 15.8. The van der Waals surface area contributed by atoms with E-state index in [-0.39, 0.29) is 11.1 Å². The van der Waals surface area contributed by atoms with Gasteiger partial charge in [-0.05, 0) is 43.0 Å². The fourth-order valence-electron chi connectivity index (χ4n) is 3.00. The monoisotopic (exact) mass is 312 g/mol. The summed E-state index contributed by atoms with van der Waals surface area (Å²) >= 11 is 0. The summed E-state index contributed by atoms with van der Waals surface area (Å²) in [5.74, 6) is 0.833. The summed E-state index contributed by atoms with van der Waals surface area (Å²) in [6.45, 7) is 0.998. The molecule has 1 amide bonds. The SMILES string of the molecule is O=C(Nc1ccc2c(c1)OCCO2)c1cc2c([nH]c1=O)CCC2. The van der Waals surface area contributed by atoms with Crippen LogP contribution in [0.5, 0.6) is 11.5 Å². The normalized spacial score (nSPS) is 15.1. The Morgan fingerprint density at radius 2 is 1.91 bits per heavy atom. The van der Waals surface area contributed by atoms with Crippen molar-refractivity contribution in [1.82, 2.24) is 4.98 Å². The van der Waals surface area contributed by atoms with Gasteiger partial charge in [0.05, 0.1) is 0 Å². The summed E-state index contributed by atoms with van der Waals surface area (Å²) in [6.07, 6.45) is 2.78. The second-order valence-electron chi connectivity index (χ2n) is 5.68. The Bertz CT molecular complexity index is 841. The van der Waals surface area contributed by atoms with Gasteiger partial charge in [0.2, 0.25) is 0 Å². The highest BCUT2D eigenvalue weighted by Crippen LogP contribution is 2.32. The molecule has 6 heteroatoms. The average molecular weight is 312 g/mol. The van der Waals surface area contributed by atoms with Crippen LogP contribution in [0.25, 0.3) is 0 Å². The summed E-state index contributed by atoms with van der Waals surface area (Å²) in [5.41, 5.74) is 2.36. The molecule has 4 rings (SSSR count). The van der Waals surface area contributed by atoms with E-state index < -0.39 is 5.91 Å². The number of rotatable bonds is 2. The molecule has 0 fully saturated rings. The second kappa shape index (κ2) is 5.46. The Hall–Kier alpha value is -2.76. The molecule has 1 aliphatic carbocycles. The lowest BCUT2D eigenvalue weighted by Crippen LogP contribution is -2.24. The molecule has 1 aromatic carbocycles. The van der Waals surface area contributed by atoms with Crippen LogP contribution < -0.4 is 20.3 Å². The van der Waals surface area contributed by atoms with Crippen LogP contribution in [-0.4, -0.2) is 24.1 Å². The first-order chi connectivity index (χ1) is 11.2. The van der Waals surface area contributed by atoms with E-state index in [0.29, 0.717) is 30.4 Å². The number of pyridine rings is 1. The predicted octanol–water partition coefficient (Wildman–Crippen LogP) is 1.89. The molecule has 2 aliphatic rings. The van der Waals surface area contributed by atoms with Gasteiger partial charge in [0.15, 0.2) is 11.5 Å². The van der Waals surface area contributed by atoms with Gasteiger partial charge in [0.25, 0.3) is 11.5 Å². The van der Waals surface area contributed by atoms with Gasteiger partial charge in [-0.1, -0.05) is 0 Å². The van der Waals surface area contributed by atoms with Crippen molar-refractivity contribution >= 4 is 11.6 Å². The molecule has 1 aliphatic heterocycles. The van der Waals surface area contributed by atoms with Gasteiger partial charge in [-0.25, -0.2) is 0 Å². The molecule has 0 saturated heterocycles. The molecule has 118 valence electrons. The van der Waals surface area contributed by atoms with Crippen molar-refractivity contribution in [2.24, 2.45) is 0 Å². The van der Waals surface area contributed by atoms with Gasteiger partial charge in [0.1, 0.15) is 18.8 Å². The Morgan fingerprint density at radius 1 is 1.09 bits per heavy atom. The molecule has 0 spiro atoms. The van der Waals surface area contributed by atoms with Gasteiger partial charge in [-0.3, -0.25) is 9.59 Å². The topological polar surface area (TPSA) is 80.4 Å². The zero-order valence-corrected chi connectivity index (χ0v) is 12.5. The van der Waals surface area contributed by atoms with Gasteiger partial charge in [-0.2, -0.15) is 0 Å². The third kappa shape index (κ3) is 2.56. The van der Waals surface area contributed by atoms with E-state index in [4.69, 9.17) is 9.47 Å². The second-order valence-corrected chi connectivity index (χ2v) is 5.68. The number of aryl methyl sites for hydroxylation is 2. The zero-order valence-electron chi connectivity index (χ0n) is 12.5. The molecule has 1 aromatic heterocycles. The minimum Gasteiger partial charge on any atom is -0.486 e. The molecule has 0 atom stereocenters. The molecule has 6 nitrogen and oxygen atoms in total. The van der Waals surface area contributed by atoms with Crippen LogP contribution in [0.2, 0.25) is 0 Å². The summed E-state index contributed by atoms with van der Waals surface area (Å²) < 4.78 is 10.9. The van der Waals surface area contributed by atoms with E-state index >= 15 is 0 Å². The molecule has 2 aromatic rings. The van der Waals surface area contributed by atoms with Crippen molar-refractivity contribution in [3.8, 4) is 11.5 Å². The fourth-order valence-corrected chi connectivity index (χ4v) is 3.00. The van der Waals surface area contributed by atoms with E-state index in [1.807, 2.05) is 0 Å². The number of anilines is 1. The van der Waals surface area contributed by atoms with Crippen molar-refractivity contribution in [3.05, 3.63) is 51.4 Å². The van der Waals surface area contributed by atoms with Crippen LogP contribution in [0.15, 0.2) is 29.1 Å². The third-order valence-electron chi connectivity index (χ3n) is 4.13. The summed E-state index contributed by atoms with van der Waals surface area (Å²) in [7, 11) is 0. The van der Waals surface area contributed by atoms with E-state index in [9.17, 15) is 9.59 Å². The van der Waals surface area contributed by atoms with E-state index in [2.05, 4.69) is 10.3 Å². The summed E-state index contributed by atoms with van der Waals surface area (Å²) in [4.78, 5) is 27.3. The van der Waals surface area contributed by atoms with Crippen molar-refractivity contribution < 1.29 is 14.3 Å². The highest BCUT2D eigenvalue weighted by atomic mass is 16.6. The number of carbonyl (C=O) groups is 1. The maximum atomic E-state index is 12.4. The van der Waals surface area contributed by atoms with Crippen LogP contribution in [0, 0.1) is 0 Å². The van der Waals surface area contributed by atoms with Crippen molar-refractivity contribution in [1.29, 1.82) is 0 Å². The Labute approximate surface area is 132 Å². The van der Waals surface area contributed by atoms with E-state index in [1.165, 1.54) is 0 Å². The van der Waals surface area contributed by atoms with Crippen LogP contribution >= 0.6 is 0 Å². The molecular formula is C17H16N2O4. The highest BCUT2D eigenvalue weighted by molar-refractivity contribution is 6.04. The highest BCUT2D eigenvalue weighted by Gasteiger charge is 2.19. The Kier molecular flexibility index (Phi) is 3.29. The van der Waals surface area contributed by atoms with Crippen molar-refractivity contribution in [2.45, 2.75) is 19.3 Å². The number of fused-ring (bicyclic) bond motifs is 2. The quantitative estimate of drug-likeness (QED) is 0.887. The smallest absolute Gasteiger partial charge is 0.261 e. The molecule has 0 saturated carbocycles. The average Bonchev–Trinajstić information content (AvgIpc) is 3.01. The maximum Gasteiger partial charge on any atom is 0.261 e. The lowest BCUT2D eigenvalue weighted by Gasteiger charge is -2.19. The van der Waals surface area contributed by atoms with E-state index in [1.54, 1.807) is 24.3 Å². The number of H-pyrrole nitrogens is 1. The number of hydrogen-bond donors (Lipinski definition) is 2. The summed E-state index contributed by atoms with van der Waals surface area (Å²) in [6, 6.07) is 6.88. The first kappa shape index (κ1) is 13.9. The molecule has 23 heavy (non-hydrogen) atoms. The van der Waals surface area contributed by atoms with Crippen LogP contribution in [0.4, 0.5) is 5.69 Å². The lowest BCUT2D eigenvalue weighted by atomic mass is 10.1. The third-order valence-corrected chi connectivity index (χ3v) is 4.13. The predicted molar refractivity (Wildman–Crippen MR) is 84.5 cm³/mol. The largest absolute Gasteiger partial charge is 0.486 e. The minimum atomic E-state index is -0.419. The van der Waals surface area contributed by atoms with Crippen LogP contribution in [0.1, 0.15) is 28.0 Å². The van der Waals surface area contributed by atoms with Gasteiger partial charge in [0, 0.05) is 17.4 Å². The van der Waals surface area contributed by atoms with Crippen LogP contribution in [-0.2, 0) is 12.8 Å². The standard InChI is InChI=1S/C17H16N2O4/c20-16(12-8-10-2-1-3-13(10)19-17(12)21)18-11-4-5-14-15(9-11)23-7-6-22-14/h4-5,8-9H,1-3,6-7H2,(H,18,20)(H,19,21). The first-order valence-electron chi connectivity index (χ1n) is 7.67. The fraction of sp³-hybridized carbons (Fsp3) is 0.294. The number of aromatic nitrogens is 1. The van der Waals surface area contributed by atoms with Crippen molar-refractivity contribution in [3.63, 3.8) is 0 Å². The van der Waals surface area contributed by atoms with Gasteiger partial charge < -0.3 is 19.8 Å². The minimum absolute atomic E-state index is 0.139. The number of nitrogens with one attached hydrogen (secondary N) is 2. The molecule has 2 N–H and O–H groups in total. The van der Waals surface area contributed by atoms with Crippen LogP contribution in [0.3, 0.4) is 0 Å². The molecule has 0 radical (unpaired) electrons. The van der Waals surface area contributed by atoms with Gasteiger partial charge >= 0.3 is 0 Å². The molecule has 0 bridgehead atoms. The number of hydrogen-bond acceptors (Lipinski definition) is 4. The number of carbonyl (C=O) groups excluding carboxylic acids is 1. The first-order valence-corrected chi connectivity index (χ1v) is 7.67. The molecule has 2 heterocycles. The number of aromatic amines is 1. The lowest BCUT2D eigenvalue weighted by molar-refractivity contribution is 0.102. The maximum absolute atomic E-state index is 12.4.